The third-order valence-corrected chi connectivity index (χ3v) is 2.08. The molecular weight excluding hydrogens is 117 g/mol. The standard InChI is InChI=1S/C7H14FN/c1-5(8)6-7(2,3)4-9-6/h5-6,9H,4H2,1-3H3. The van der Waals surface area contributed by atoms with Crippen molar-refractivity contribution < 1.29 is 4.39 Å². The molecule has 1 aliphatic heterocycles. The molecule has 1 nitrogen and oxygen atoms in total. The zero-order valence-electron chi connectivity index (χ0n) is 6.24. The molecule has 0 aromatic rings. The van der Waals surface area contributed by atoms with Gasteiger partial charge >= 0.3 is 0 Å². The molecule has 1 aliphatic rings. The summed E-state index contributed by atoms with van der Waals surface area (Å²) in [5, 5.41) is 3.06. The van der Waals surface area contributed by atoms with Gasteiger partial charge in [-0.05, 0) is 12.3 Å². The maximum absolute atomic E-state index is 12.6. The van der Waals surface area contributed by atoms with Crippen molar-refractivity contribution in [1.29, 1.82) is 0 Å². The van der Waals surface area contributed by atoms with Crippen LogP contribution in [-0.4, -0.2) is 18.8 Å². The molecule has 0 amide bonds. The lowest BCUT2D eigenvalue weighted by Gasteiger charge is -2.46. The molecule has 0 spiro atoms. The van der Waals surface area contributed by atoms with E-state index in [2.05, 4.69) is 19.2 Å². The highest BCUT2D eigenvalue weighted by molar-refractivity contribution is 4.98. The van der Waals surface area contributed by atoms with Crippen LogP contribution in [0.5, 0.6) is 0 Å². The van der Waals surface area contributed by atoms with Crippen molar-refractivity contribution in [2.45, 2.75) is 33.0 Å². The van der Waals surface area contributed by atoms with Crippen LogP contribution in [0, 0.1) is 5.41 Å². The van der Waals surface area contributed by atoms with Crippen LogP contribution in [0.2, 0.25) is 0 Å². The van der Waals surface area contributed by atoms with Gasteiger partial charge in [0.15, 0.2) is 0 Å². The highest BCUT2D eigenvalue weighted by atomic mass is 19.1. The Kier molecular flexibility index (Phi) is 1.51. The smallest absolute Gasteiger partial charge is 0.113 e. The molecule has 0 aromatic carbocycles. The van der Waals surface area contributed by atoms with Crippen LogP contribution in [0.1, 0.15) is 20.8 Å². The Balaban J connectivity index is 2.45. The van der Waals surface area contributed by atoms with Gasteiger partial charge in [-0.25, -0.2) is 4.39 Å². The number of hydrogen-bond acceptors (Lipinski definition) is 1. The highest BCUT2D eigenvalue weighted by Gasteiger charge is 2.41. The number of rotatable bonds is 1. The first kappa shape index (κ1) is 7.00. The van der Waals surface area contributed by atoms with Crippen molar-refractivity contribution >= 4 is 0 Å². The van der Waals surface area contributed by atoms with Gasteiger partial charge in [-0.3, -0.25) is 0 Å². The zero-order valence-corrected chi connectivity index (χ0v) is 6.24. The van der Waals surface area contributed by atoms with E-state index in [-0.39, 0.29) is 11.5 Å². The summed E-state index contributed by atoms with van der Waals surface area (Å²) >= 11 is 0. The summed E-state index contributed by atoms with van der Waals surface area (Å²) in [4.78, 5) is 0. The van der Waals surface area contributed by atoms with E-state index in [4.69, 9.17) is 0 Å². The molecule has 1 N–H and O–H groups in total. The van der Waals surface area contributed by atoms with Gasteiger partial charge in [0.05, 0.1) is 0 Å². The summed E-state index contributed by atoms with van der Waals surface area (Å²) in [6.45, 7) is 6.74. The molecule has 2 heteroatoms. The van der Waals surface area contributed by atoms with E-state index >= 15 is 0 Å². The lowest BCUT2D eigenvalue weighted by molar-refractivity contribution is 0.0612. The quantitative estimate of drug-likeness (QED) is 0.566. The van der Waals surface area contributed by atoms with Crippen molar-refractivity contribution in [3.63, 3.8) is 0 Å². The van der Waals surface area contributed by atoms with Crippen LogP contribution in [0.15, 0.2) is 0 Å². The Morgan fingerprint density at radius 1 is 1.67 bits per heavy atom. The van der Waals surface area contributed by atoms with E-state index in [1.54, 1.807) is 6.92 Å². The molecule has 0 aromatic heterocycles. The fourth-order valence-electron chi connectivity index (χ4n) is 1.41. The van der Waals surface area contributed by atoms with Crippen molar-refractivity contribution in [2.75, 3.05) is 6.54 Å². The molecule has 2 unspecified atom stereocenters. The Morgan fingerprint density at radius 2 is 2.22 bits per heavy atom. The predicted octanol–water partition coefficient (Wildman–Crippen LogP) is 1.34. The van der Waals surface area contributed by atoms with Crippen molar-refractivity contribution in [3.05, 3.63) is 0 Å². The molecule has 1 fully saturated rings. The molecule has 54 valence electrons. The second-order valence-corrected chi connectivity index (χ2v) is 3.52. The molecule has 1 heterocycles. The molecule has 0 aliphatic carbocycles. The monoisotopic (exact) mass is 131 g/mol. The van der Waals surface area contributed by atoms with Gasteiger partial charge in [-0.15, -0.1) is 0 Å². The van der Waals surface area contributed by atoms with E-state index in [9.17, 15) is 4.39 Å². The molecular formula is C7H14FN. The molecule has 2 atom stereocenters. The van der Waals surface area contributed by atoms with Gasteiger partial charge in [0, 0.05) is 12.6 Å². The van der Waals surface area contributed by atoms with Gasteiger partial charge < -0.3 is 5.32 Å². The highest BCUT2D eigenvalue weighted by Crippen LogP contribution is 2.30. The van der Waals surface area contributed by atoms with Crippen LogP contribution in [0.3, 0.4) is 0 Å². The van der Waals surface area contributed by atoms with Crippen LogP contribution in [-0.2, 0) is 0 Å². The number of halogens is 1. The van der Waals surface area contributed by atoms with Gasteiger partial charge in [0.25, 0.3) is 0 Å². The third-order valence-electron chi connectivity index (χ3n) is 2.08. The third kappa shape index (κ3) is 1.08. The number of alkyl halides is 1. The molecule has 0 radical (unpaired) electrons. The molecule has 9 heavy (non-hydrogen) atoms. The van der Waals surface area contributed by atoms with Crippen LogP contribution < -0.4 is 5.32 Å². The van der Waals surface area contributed by atoms with Gasteiger partial charge in [0.1, 0.15) is 6.17 Å². The predicted molar refractivity (Wildman–Crippen MR) is 36.1 cm³/mol. The minimum Gasteiger partial charge on any atom is -0.310 e. The minimum absolute atomic E-state index is 0.0810. The van der Waals surface area contributed by atoms with E-state index in [0.717, 1.165) is 6.54 Å². The average molecular weight is 131 g/mol. The van der Waals surface area contributed by atoms with Gasteiger partial charge in [0.2, 0.25) is 0 Å². The average Bonchev–Trinajstić information content (AvgIpc) is 1.62. The van der Waals surface area contributed by atoms with E-state index in [0.29, 0.717) is 0 Å². The Bertz CT molecular complexity index is 109. The lowest BCUT2D eigenvalue weighted by Crippen LogP contribution is -2.62. The normalized spacial score (nSPS) is 35.3. The van der Waals surface area contributed by atoms with Crippen molar-refractivity contribution in [1.82, 2.24) is 5.32 Å². The second-order valence-electron chi connectivity index (χ2n) is 3.52. The molecule has 0 saturated carbocycles. The van der Waals surface area contributed by atoms with Crippen molar-refractivity contribution in [3.8, 4) is 0 Å². The van der Waals surface area contributed by atoms with Crippen LogP contribution in [0.4, 0.5) is 4.39 Å². The van der Waals surface area contributed by atoms with E-state index in [1.165, 1.54) is 0 Å². The summed E-state index contributed by atoms with van der Waals surface area (Å²) in [6.07, 6.45) is -0.714. The van der Waals surface area contributed by atoms with Gasteiger partial charge in [-0.1, -0.05) is 13.8 Å². The number of hydrogen-bond donors (Lipinski definition) is 1. The Hall–Kier alpha value is -0.110. The Morgan fingerprint density at radius 3 is 2.22 bits per heavy atom. The summed E-state index contributed by atoms with van der Waals surface area (Å²) in [5.74, 6) is 0. The van der Waals surface area contributed by atoms with Crippen LogP contribution >= 0.6 is 0 Å². The summed E-state index contributed by atoms with van der Waals surface area (Å²) in [6, 6.07) is 0.0810. The minimum atomic E-state index is -0.714. The van der Waals surface area contributed by atoms with Crippen molar-refractivity contribution in [2.24, 2.45) is 5.41 Å². The SMILES string of the molecule is CC(F)C1NCC1(C)C. The first-order chi connectivity index (χ1) is 4.04. The van der Waals surface area contributed by atoms with E-state index in [1.807, 2.05) is 0 Å². The Labute approximate surface area is 55.6 Å². The molecule has 1 rings (SSSR count). The second kappa shape index (κ2) is 1.94. The lowest BCUT2D eigenvalue weighted by atomic mass is 9.75. The fraction of sp³-hybridized carbons (Fsp3) is 1.00. The number of nitrogens with one attached hydrogen (secondary N) is 1. The summed E-state index contributed by atoms with van der Waals surface area (Å²) in [7, 11) is 0. The summed E-state index contributed by atoms with van der Waals surface area (Å²) < 4.78 is 12.6. The van der Waals surface area contributed by atoms with Gasteiger partial charge in [-0.2, -0.15) is 0 Å². The largest absolute Gasteiger partial charge is 0.310 e. The molecule has 1 saturated heterocycles. The first-order valence-electron chi connectivity index (χ1n) is 3.41. The maximum Gasteiger partial charge on any atom is 0.113 e. The van der Waals surface area contributed by atoms with Crippen LogP contribution in [0.25, 0.3) is 0 Å². The first-order valence-corrected chi connectivity index (χ1v) is 3.41. The topological polar surface area (TPSA) is 12.0 Å². The maximum atomic E-state index is 12.6. The molecule has 0 bridgehead atoms. The zero-order chi connectivity index (χ0) is 7.07. The fourth-order valence-corrected chi connectivity index (χ4v) is 1.41. The summed E-state index contributed by atoms with van der Waals surface area (Å²) in [5.41, 5.74) is 0.175. The van der Waals surface area contributed by atoms with E-state index < -0.39 is 6.17 Å².